The summed E-state index contributed by atoms with van der Waals surface area (Å²) in [4.78, 5) is 26.4. The second-order valence-corrected chi connectivity index (χ2v) is 8.17. The molecule has 2 rings (SSSR count). The van der Waals surface area contributed by atoms with E-state index < -0.39 is 22.1 Å². The van der Waals surface area contributed by atoms with Gasteiger partial charge in [0.05, 0.1) is 22.7 Å². The number of hydrogen-bond donors (Lipinski definition) is 1. The molecule has 26 heavy (non-hydrogen) atoms. The van der Waals surface area contributed by atoms with Gasteiger partial charge in [0.1, 0.15) is 0 Å². The van der Waals surface area contributed by atoms with E-state index in [0.29, 0.717) is 13.1 Å². The molecule has 1 saturated heterocycles. The third-order valence-corrected chi connectivity index (χ3v) is 5.46. The second kappa shape index (κ2) is 8.15. The van der Waals surface area contributed by atoms with Gasteiger partial charge in [-0.25, -0.2) is 17.9 Å². The fourth-order valence-electron chi connectivity index (χ4n) is 2.78. The number of hydrogen-bond acceptors (Lipinski definition) is 6. The molecule has 0 spiro atoms. The van der Waals surface area contributed by atoms with Crippen molar-refractivity contribution in [2.75, 3.05) is 20.1 Å². The van der Waals surface area contributed by atoms with Crippen LogP contribution < -0.4 is 4.72 Å². The fraction of sp³-hybridized carbons (Fsp3) is 0.529. The monoisotopic (exact) mass is 384 g/mol. The molecule has 1 aliphatic heterocycles. The van der Waals surface area contributed by atoms with E-state index in [1.165, 1.54) is 38.2 Å². The van der Waals surface area contributed by atoms with Gasteiger partial charge >= 0.3 is 5.97 Å². The quantitative estimate of drug-likeness (QED) is 0.753. The number of amides is 1. The lowest BCUT2D eigenvalue weighted by Crippen LogP contribution is -2.51. The van der Waals surface area contributed by atoms with Crippen molar-refractivity contribution in [3.8, 4) is 0 Å². The second-order valence-electron chi connectivity index (χ2n) is 6.28. The predicted octanol–water partition coefficient (Wildman–Crippen LogP) is 0.776. The zero-order valence-electron chi connectivity index (χ0n) is 15.3. The Hall–Kier alpha value is -1.97. The number of nitrogens with one attached hydrogen (secondary N) is 1. The van der Waals surface area contributed by atoms with E-state index in [4.69, 9.17) is 9.47 Å². The average Bonchev–Trinajstić information content (AvgIpc) is 2.60. The molecule has 0 radical (unpaired) electrons. The van der Waals surface area contributed by atoms with Crippen molar-refractivity contribution in [3.05, 3.63) is 29.8 Å². The Bertz CT molecular complexity index is 752. The number of nitrogens with zero attached hydrogens (tertiary/aromatic N) is 1. The van der Waals surface area contributed by atoms with E-state index in [-0.39, 0.29) is 28.6 Å². The summed E-state index contributed by atoms with van der Waals surface area (Å²) in [5.41, 5.74) is 0.170. The van der Waals surface area contributed by atoms with Crippen molar-refractivity contribution in [1.29, 1.82) is 0 Å². The lowest BCUT2D eigenvalue weighted by atomic mass is 10.2. The van der Waals surface area contributed by atoms with Gasteiger partial charge in [0, 0.05) is 13.1 Å². The summed E-state index contributed by atoms with van der Waals surface area (Å²) in [6.07, 6.45) is -1.10. The van der Waals surface area contributed by atoms with Crippen LogP contribution in [0.2, 0.25) is 0 Å². The number of ether oxygens (including phenoxy) is 2. The van der Waals surface area contributed by atoms with E-state index >= 15 is 0 Å². The molecule has 3 unspecified atom stereocenters. The van der Waals surface area contributed by atoms with Crippen molar-refractivity contribution in [3.63, 3.8) is 0 Å². The first kappa shape index (κ1) is 20.3. The van der Waals surface area contributed by atoms with Crippen molar-refractivity contribution >= 4 is 21.9 Å². The summed E-state index contributed by atoms with van der Waals surface area (Å²) < 4.78 is 36.4. The van der Waals surface area contributed by atoms with Gasteiger partial charge in [-0.3, -0.25) is 4.79 Å². The molecule has 3 atom stereocenters. The van der Waals surface area contributed by atoms with Gasteiger partial charge in [-0.2, -0.15) is 0 Å². The highest BCUT2D eigenvalue weighted by atomic mass is 32.2. The fourth-order valence-corrected chi connectivity index (χ4v) is 3.51. The molecule has 1 heterocycles. The predicted molar refractivity (Wildman–Crippen MR) is 94.2 cm³/mol. The zero-order valence-corrected chi connectivity index (χ0v) is 16.1. The SMILES string of the molecule is CNS(=O)(=O)c1ccc(C(=O)OC(C)C(=O)N2CC(C)OC(C)C2)cc1. The van der Waals surface area contributed by atoms with E-state index in [0.717, 1.165) is 0 Å². The van der Waals surface area contributed by atoms with Crippen molar-refractivity contribution in [2.45, 2.75) is 44.0 Å². The van der Waals surface area contributed by atoms with Crippen molar-refractivity contribution in [1.82, 2.24) is 9.62 Å². The molecule has 1 amide bonds. The normalized spacial score (nSPS) is 21.9. The van der Waals surface area contributed by atoms with Crippen LogP contribution in [0.15, 0.2) is 29.2 Å². The van der Waals surface area contributed by atoms with E-state index in [2.05, 4.69) is 4.72 Å². The van der Waals surface area contributed by atoms with Crippen LogP contribution in [0.3, 0.4) is 0 Å². The van der Waals surface area contributed by atoms with Crippen LogP contribution in [0.4, 0.5) is 0 Å². The minimum Gasteiger partial charge on any atom is -0.449 e. The lowest BCUT2D eigenvalue weighted by molar-refractivity contribution is -0.151. The smallest absolute Gasteiger partial charge is 0.338 e. The van der Waals surface area contributed by atoms with Gasteiger partial charge < -0.3 is 14.4 Å². The number of rotatable bonds is 5. The van der Waals surface area contributed by atoms with Gasteiger partial charge in [-0.1, -0.05) is 0 Å². The average molecular weight is 384 g/mol. The summed E-state index contributed by atoms with van der Waals surface area (Å²) in [5, 5.41) is 0. The molecular formula is C17H24N2O6S. The van der Waals surface area contributed by atoms with Gasteiger partial charge in [0.15, 0.2) is 6.10 Å². The molecule has 9 heteroatoms. The number of benzene rings is 1. The first-order chi connectivity index (χ1) is 12.1. The third-order valence-electron chi connectivity index (χ3n) is 4.03. The van der Waals surface area contributed by atoms with Crippen LogP contribution in [0, 0.1) is 0 Å². The number of morpholine rings is 1. The maximum atomic E-state index is 12.5. The van der Waals surface area contributed by atoms with Crippen LogP contribution in [0.1, 0.15) is 31.1 Å². The number of carbonyl (C=O) groups is 2. The molecule has 1 aromatic rings. The molecule has 1 N–H and O–H groups in total. The van der Waals surface area contributed by atoms with Crippen molar-refractivity contribution < 1.29 is 27.5 Å². The van der Waals surface area contributed by atoms with Gasteiger partial charge in [-0.15, -0.1) is 0 Å². The first-order valence-corrected chi connectivity index (χ1v) is 9.81. The van der Waals surface area contributed by atoms with E-state index in [9.17, 15) is 18.0 Å². The zero-order chi connectivity index (χ0) is 19.5. The Balaban J connectivity index is 2.01. The Morgan fingerprint density at radius 1 is 1.19 bits per heavy atom. The summed E-state index contributed by atoms with van der Waals surface area (Å²) in [6.45, 7) is 6.18. The maximum Gasteiger partial charge on any atom is 0.338 e. The molecule has 144 valence electrons. The molecule has 0 saturated carbocycles. The van der Waals surface area contributed by atoms with Gasteiger partial charge in [0.2, 0.25) is 10.0 Å². The molecule has 0 aromatic heterocycles. The van der Waals surface area contributed by atoms with Crippen LogP contribution in [-0.4, -0.2) is 63.6 Å². The minimum absolute atomic E-state index is 0.0389. The van der Waals surface area contributed by atoms with Crippen LogP contribution in [0.25, 0.3) is 0 Å². The maximum absolute atomic E-state index is 12.5. The van der Waals surface area contributed by atoms with E-state index in [1.54, 1.807) is 4.90 Å². The highest BCUT2D eigenvalue weighted by Crippen LogP contribution is 2.15. The first-order valence-electron chi connectivity index (χ1n) is 8.33. The molecule has 0 bridgehead atoms. The molecule has 1 aliphatic rings. The summed E-state index contributed by atoms with van der Waals surface area (Å²) in [7, 11) is -2.27. The van der Waals surface area contributed by atoms with Crippen LogP contribution >= 0.6 is 0 Å². The molecule has 1 aromatic carbocycles. The highest BCUT2D eigenvalue weighted by Gasteiger charge is 2.30. The molecule has 1 fully saturated rings. The third kappa shape index (κ3) is 4.80. The lowest BCUT2D eigenvalue weighted by Gasteiger charge is -2.36. The molecule has 0 aliphatic carbocycles. The van der Waals surface area contributed by atoms with Crippen molar-refractivity contribution in [2.24, 2.45) is 0 Å². The summed E-state index contributed by atoms with van der Waals surface area (Å²) >= 11 is 0. The minimum atomic E-state index is -3.58. The Labute approximate surface area is 153 Å². The van der Waals surface area contributed by atoms with Crippen LogP contribution in [0.5, 0.6) is 0 Å². The highest BCUT2D eigenvalue weighted by molar-refractivity contribution is 7.89. The van der Waals surface area contributed by atoms with Gasteiger partial charge in [0.25, 0.3) is 5.91 Å². The standard InChI is InChI=1S/C17H24N2O6S/c1-11-9-19(10-12(2)24-11)16(20)13(3)25-17(21)14-5-7-15(8-6-14)26(22,23)18-4/h5-8,11-13,18H,9-10H2,1-4H3. The summed E-state index contributed by atoms with van der Waals surface area (Å²) in [6, 6.07) is 5.31. The largest absolute Gasteiger partial charge is 0.449 e. The topological polar surface area (TPSA) is 102 Å². The number of esters is 1. The Morgan fingerprint density at radius 2 is 1.73 bits per heavy atom. The van der Waals surface area contributed by atoms with Crippen LogP contribution in [-0.2, 0) is 24.3 Å². The molecule has 8 nitrogen and oxygen atoms in total. The Kier molecular flexibility index (Phi) is 6.38. The molecular weight excluding hydrogens is 360 g/mol. The summed E-state index contributed by atoms with van der Waals surface area (Å²) in [5.74, 6) is -0.969. The van der Waals surface area contributed by atoms with Gasteiger partial charge in [-0.05, 0) is 52.1 Å². The number of carbonyl (C=O) groups excluding carboxylic acids is 2. The van der Waals surface area contributed by atoms with E-state index in [1.807, 2.05) is 13.8 Å². The Morgan fingerprint density at radius 3 is 2.23 bits per heavy atom. The number of sulfonamides is 1.